The second-order valence-corrected chi connectivity index (χ2v) is 10.6. The van der Waals surface area contributed by atoms with E-state index >= 15 is 0 Å². The molecule has 0 saturated carbocycles. The Hall–Kier alpha value is -4.40. The normalized spacial score (nSPS) is 11.8. The van der Waals surface area contributed by atoms with E-state index in [0.717, 1.165) is 4.90 Å². The summed E-state index contributed by atoms with van der Waals surface area (Å²) in [7, 11) is 0. The molecule has 0 aliphatic heterocycles. The maximum Gasteiger partial charge on any atom is 0.272 e. The Labute approximate surface area is 247 Å². The molecule has 0 saturated heterocycles. The highest BCUT2D eigenvalue weighted by Gasteiger charge is 2.20. The van der Waals surface area contributed by atoms with Gasteiger partial charge in [-0.15, -0.1) is 11.8 Å². The molecule has 0 aliphatic rings. The third-order valence-electron chi connectivity index (χ3n) is 5.88. The number of hydrogen-bond donors (Lipinski definition) is 3. The van der Waals surface area contributed by atoms with Gasteiger partial charge in [0.25, 0.3) is 11.8 Å². The van der Waals surface area contributed by atoms with E-state index in [0.29, 0.717) is 28.4 Å². The zero-order chi connectivity index (χ0) is 29.2. The lowest BCUT2D eigenvalue weighted by Gasteiger charge is -2.16. The molecule has 4 aromatic carbocycles. The number of carbonyl (C=O) groups is 3. The van der Waals surface area contributed by atoms with Crippen LogP contribution in [-0.2, 0) is 9.59 Å². The monoisotopic (exact) mass is 587 g/mol. The van der Waals surface area contributed by atoms with E-state index in [4.69, 9.17) is 11.6 Å². The predicted molar refractivity (Wildman–Crippen MR) is 163 cm³/mol. The van der Waals surface area contributed by atoms with Crippen LogP contribution in [0.3, 0.4) is 0 Å². The number of benzene rings is 4. The first-order valence-corrected chi connectivity index (χ1v) is 14.0. The Morgan fingerprint density at radius 3 is 2.27 bits per heavy atom. The van der Waals surface area contributed by atoms with Gasteiger partial charge in [0.15, 0.2) is 0 Å². The molecule has 208 valence electrons. The number of nitrogens with one attached hydrogen (secondary N) is 3. The molecule has 1 atom stereocenters. The fourth-order valence-electron chi connectivity index (χ4n) is 3.78. The molecular formula is C32H27ClFN3O3S. The summed E-state index contributed by atoms with van der Waals surface area (Å²) in [6.45, 7) is 1.92. The van der Waals surface area contributed by atoms with Gasteiger partial charge in [-0.1, -0.05) is 61.0 Å². The molecule has 1 unspecified atom stereocenters. The van der Waals surface area contributed by atoms with Crippen molar-refractivity contribution < 1.29 is 18.8 Å². The molecule has 9 heteroatoms. The van der Waals surface area contributed by atoms with Crippen LogP contribution in [-0.4, -0.2) is 23.0 Å². The first-order chi connectivity index (χ1) is 19.8. The van der Waals surface area contributed by atoms with Gasteiger partial charge in [-0.05, 0) is 73.2 Å². The summed E-state index contributed by atoms with van der Waals surface area (Å²) < 4.78 is 14.4. The second-order valence-electron chi connectivity index (χ2n) is 8.89. The van der Waals surface area contributed by atoms with E-state index in [2.05, 4.69) is 16.0 Å². The average Bonchev–Trinajstić information content (AvgIpc) is 2.98. The average molecular weight is 588 g/mol. The van der Waals surface area contributed by atoms with Gasteiger partial charge in [0.05, 0.1) is 5.25 Å². The number of hydrogen-bond acceptors (Lipinski definition) is 4. The lowest BCUT2D eigenvalue weighted by Crippen LogP contribution is -2.30. The van der Waals surface area contributed by atoms with Gasteiger partial charge in [-0.3, -0.25) is 14.4 Å². The standard InChI is InChI=1S/C32H27ClFN3O3S/c1-2-29(32(40)35-24-17-15-23(33)16-18-24)41-26-13-8-12-25(20-26)36-31(39)28(19-22-11-6-7-14-27(22)34)37-30(38)21-9-4-3-5-10-21/h3-20,29H,2H2,1H3,(H,35,40)(H,36,39)(H,37,38)/b28-19-. The van der Waals surface area contributed by atoms with Gasteiger partial charge in [-0.2, -0.15) is 0 Å². The van der Waals surface area contributed by atoms with Crippen LogP contribution in [0.15, 0.2) is 114 Å². The van der Waals surface area contributed by atoms with Crippen molar-refractivity contribution in [3.05, 3.63) is 131 Å². The summed E-state index contributed by atoms with van der Waals surface area (Å²) in [5, 5.41) is 8.46. The second kappa shape index (κ2) is 14.3. The molecule has 0 radical (unpaired) electrons. The maximum atomic E-state index is 14.4. The minimum Gasteiger partial charge on any atom is -0.325 e. The summed E-state index contributed by atoms with van der Waals surface area (Å²) in [4.78, 5) is 39.8. The molecule has 0 bridgehead atoms. The van der Waals surface area contributed by atoms with Crippen molar-refractivity contribution in [3.8, 4) is 0 Å². The molecule has 0 heterocycles. The van der Waals surface area contributed by atoms with Crippen LogP contribution in [0.2, 0.25) is 5.02 Å². The largest absolute Gasteiger partial charge is 0.325 e. The highest BCUT2D eigenvalue weighted by atomic mass is 35.5. The van der Waals surface area contributed by atoms with E-state index in [-0.39, 0.29) is 17.2 Å². The lowest BCUT2D eigenvalue weighted by molar-refractivity contribution is -0.116. The molecule has 0 aliphatic carbocycles. The summed E-state index contributed by atoms with van der Waals surface area (Å²) in [5.41, 5.74) is 1.46. The van der Waals surface area contributed by atoms with Crippen molar-refractivity contribution in [1.82, 2.24) is 5.32 Å². The van der Waals surface area contributed by atoms with Gasteiger partial charge in [0.1, 0.15) is 11.5 Å². The van der Waals surface area contributed by atoms with Crippen LogP contribution in [0, 0.1) is 5.82 Å². The number of anilines is 2. The zero-order valence-corrected chi connectivity index (χ0v) is 23.6. The van der Waals surface area contributed by atoms with Crippen LogP contribution in [0.4, 0.5) is 15.8 Å². The lowest BCUT2D eigenvalue weighted by atomic mass is 10.1. The number of rotatable bonds is 10. The van der Waals surface area contributed by atoms with Gasteiger partial charge in [-0.25, -0.2) is 4.39 Å². The molecule has 4 rings (SSSR count). The Kier molecular flexibility index (Phi) is 10.3. The Balaban J connectivity index is 1.50. The fraction of sp³-hybridized carbons (Fsp3) is 0.0938. The van der Waals surface area contributed by atoms with Crippen molar-refractivity contribution in [2.75, 3.05) is 10.6 Å². The molecule has 6 nitrogen and oxygen atoms in total. The molecule has 4 aromatic rings. The van der Waals surface area contributed by atoms with E-state index < -0.39 is 22.9 Å². The smallest absolute Gasteiger partial charge is 0.272 e. The van der Waals surface area contributed by atoms with Crippen LogP contribution in [0.25, 0.3) is 6.08 Å². The summed E-state index contributed by atoms with van der Waals surface area (Å²) in [5.74, 6) is -1.84. The Bertz CT molecular complexity index is 1560. The molecule has 0 fully saturated rings. The fourth-order valence-corrected chi connectivity index (χ4v) is 4.92. The summed E-state index contributed by atoms with van der Waals surface area (Å²) in [6, 6.07) is 28.3. The van der Waals surface area contributed by atoms with Crippen LogP contribution in [0.1, 0.15) is 29.3 Å². The van der Waals surface area contributed by atoms with E-state index in [1.807, 2.05) is 13.0 Å². The van der Waals surface area contributed by atoms with E-state index in [1.165, 1.54) is 36.0 Å². The van der Waals surface area contributed by atoms with Gasteiger partial charge in [0.2, 0.25) is 5.91 Å². The first kappa shape index (κ1) is 29.6. The van der Waals surface area contributed by atoms with Gasteiger partial charge in [0, 0.05) is 32.4 Å². The molecule has 0 aromatic heterocycles. The van der Waals surface area contributed by atoms with E-state index in [1.54, 1.807) is 78.9 Å². The highest BCUT2D eigenvalue weighted by molar-refractivity contribution is 8.00. The van der Waals surface area contributed by atoms with Crippen LogP contribution < -0.4 is 16.0 Å². The van der Waals surface area contributed by atoms with Gasteiger partial charge < -0.3 is 16.0 Å². The number of thioether (sulfide) groups is 1. The highest BCUT2D eigenvalue weighted by Crippen LogP contribution is 2.29. The van der Waals surface area contributed by atoms with Crippen molar-refractivity contribution in [2.24, 2.45) is 0 Å². The third kappa shape index (κ3) is 8.54. The minimum atomic E-state index is -0.632. The Morgan fingerprint density at radius 2 is 1.56 bits per heavy atom. The summed E-state index contributed by atoms with van der Waals surface area (Å²) >= 11 is 7.29. The topological polar surface area (TPSA) is 87.3 Å². The Morgan fingerprint density at radius 1 is 0.854 bits per heavy atom. The van der Waals surface area contributed by atoms with Crippen molar-refractivity contribution in [3.63, 3.8) is 0 Å². The van der Waals surface area contributed by atoms with Crippen LogP contribution in [0.5, 0.6) is 0 Å². The minimum absolute atomic E-state index is 0.129. The van der Waals surface area contributed by atoms with Crippen molar-refractivity contribution in [1.29, 1.82) is 0 Å². The molecular weight excluding hydrogens is 561 g/mol. The number of amides is 3. The molecule has 3 amide bonds. The predicted octanol–water partition coefficient (Wildman–Crippen LogP) is 7.40. The number of halogens is 2. The zero-order valence-electron chi connectivity index (χ0n) is 22.1. The van der Waals surface area contributed by atoms with E-state index in [9.17, 15) is 18.8 Å². The molecule has 0 spiro atoms. The summed E-state index contributed by atoms with van der Waals surface area (Å²) in [6.07, 6.45) is 1.86. The maximum absolute atomic E-state index is 14.4. The van der Waals surface area contributed by atoms with Crippen molar-refractivity contribution in [2.45, 2.75) is 23.5 Å². The SMILES string of the molecule is CCC(Sc1cccc(NC(=O)/C(=C/c2ccccc2F)NC(=O)c2ccccc2)c1)C(=O)Nc1ccc(Cl)cc1. The van der Waals surface area contributed by atoms with Crippen LogP contribution >= 0.6 is 23.4 Å². The molecule has 41 heavy (non-hydrogen) atoms. The number of carbonyl (C=O) groups excluding carboxylic acids is 3. The molecule has 3 N–H and O–H groups in total. The first-order valence-electron chi connectivity index (χ1n) is 12.8. The van der Waals surface area contributed by atoms with Crippen molar-refractivity contribution >= 4 is 58.5 Å². The van der Waals surface area contributed by atoms with Gasteiger partial charge >= 0.3 is 0 Å². The third-order valence-corrected chi connectivity index (χ3v) is 7.49. The quantitative estimate of drug-likeness (QED) is 0.133.